The number of alkyl halides is 6. The highest BCUT2D eigenvalue weighted by molar-refractivity contribution is 6.01. The van der Waals surface area contributed by atoms with Crippen LogP contribution in [-0.2, 0) is 28.4 Å². The largest absolute Gasteiger partial charge is 0.626 e. The molecule has 8 nitrogen and oxygen atoms in total. The Bertz CT molecular complexity index is 1520. The van der Waals surface area contributed by atoms with Crippen LogP contribution in [0, 0.1) is 12.1 Å². The third-order valence-corrected chi connectivity index (χ3v) is 7.54. The number of hydrogen-bond acceptors (Lipinski definition) is 6. The zero-order valence-electron chi connectivity index (χ0n) is 24.7. The monoisotopic (exact) mass is 639 g/mol. The van der Waals surface area contributed by atoms with Crippen LogP contribution in [0.1, 0.15) is 52.4 Å². The smallest absolute Gasteiger partial charge is 0.508 e. The van der Waals surface area contributed by atoms with Crippen molar-refractivity contribution in [2.24, 2.45) is 0 Å². The van der Waals surface area contributed by atoms with E-state index in [1.165, 1.54) is 19.3 Å². The molecule has 2 heterocycles. The summed E-state index contributed by atoms with van der Waals surface area (Å²) in [5.74, 6) is -0.632. The van der Waals surface area contributed by atoms with Crippen molar-refractivity contribution in [1.82, 2.24) is 14.5 Å². The number of pyridine rings is 1. The summed E-state index contributed by atoms with van der Waals surface area (Å²) < 4.78 is 89.5. The summed E-state index contributed by atoms with van der Waals surface area (Å²) in [4.78, 5) is 30.7. The Kier molecular flexibility index (Phi) is 9.78. The number of carbonyl (C=O) groups excluding carboxylic acids is 2. The highest BCUT2D eigenvalue weighted by atomic mass is 19.4. The second kappa shape index (κ2) is 13.1. The number of halogens is 6. The molecule has 2 aromatic carbocycles. The third-order valence-electron chi connectivity index (χ3n) is 7.54. The molecule has 1 fully saturated rings. The zero-order valence-corrected chi connectivity index (χ0v) is 24.7. The van der Waals surface area contributed by atoms with Crippen LogP contribution in [0.4, 0.5) is 37.0 Å². The molecule has 0 unspecified atom stereocenters. The Labute approximate surface area is 255 Å². The predicted octanol–water partition coefficient (Wildman–Crippen LogP) is 7.51. The van der Waals surface area contributed by atoms with Crippen LogP contribution < -0.4 is 4.65 Å². The van der Waals surface area contributed by atoms with Gasteiger partial charge in [-0.05, 0) is 48.7 Å². The first-order chi connectivity index (χ1) is 21.0. The second-order valence-electron chi connectivity index (χ2n) is 10.8. The average Bonchev–Trinajstić information content (AvgIpc) is 2.97. The van der Waals surface area contributed by atoms with Gasteiger partial charge in [-0.3, -0.25) is 4.79 Å². The maximum absolute atomic E-state index is 13.9. The first-order valence-electron chi connectivity index (χ1n) is 14.0. The van der Waals surface area contributed by atoms with E-state index in [9.17, 15) is 41.1 Å². The zero-order chi connectivity index (χ0) is 33.2. The first kappa shape index (κ1) is 33.7. The lowest BCUT2D eigenvalue weighted by molar-refractivity contribution is -0.143. The van der Waals surface area contributed by atoms with E-state index in [4.69, 9.17) is 9.47 Å². The van der Waals surface area contributed by atoms with Gasteiger partial charge < -0.3 is 24.2 Å². The third kappa shape index (κ3) is 7.92. The van der Waals surface area contributed by atoms with Gasteiger partial charge in [0.05, 0.1) is 36.4 Å². The molecule has 0 aliphatic carbocycles. The minimum absolute atomic E-state index is 0.00528. The predicted molar refractivity (Wildman–Crippen MR) is 153 cm³/mol. The van der Waals surface area contributed by atoms with E-state index >= 15 is 0 Å². The molecule has 0 spiro atoms. The molecule has 1 saturated heterocycles. The first-order valence-corrected chi connectivity index (χ1v) is 14.0. The van der Waals surface area contributed by atoms with Crippen LogP contribution in [0.2, 0.25) is 0 Å². The fourth-order valence-electron chi connectivity index (χ4n) is 5.19. The van der Waals surface area contributed by atoms with Crippen molar-refractivity contribution in [3.63, 3.8) is 0 Å². The Balaban J connectivity index is 1.66. The SMILES string of the molecule is CCOC(=O)OC1CC[N+]([O-])(c2cc(-c3ccccc3C)c(C(=O)N(C)Cc3cc(C(F)(F)F)cc(C(F)(F)F)c3)cn2)CC1. The molecular weight excluding hydrogens is 608 g/mol. The number of piperidine rings is 1. The lowest BCUT2D eigenvalue weighted by atomic mass is 9.96. The van der Waals surface area contributed by atoms with E-state index in [0.29, 0.717) is 23.3 Å². The van der Waals surface area contributed by atoms with Crippen molar-refractivity contribution in [3.8, 4) is 11.1 Å². The standard InChI is InChI=1S/C31H31F6N3O5/c1-4-44-29(42)45-23-9-11-40(43,12-10-23)27-16-25(24-8-6-5-7-19(24)2)26(17-38-27)28(41)39(3)18-20-13-21(30(32,33)34)15-22(14-20)31(35,36)37/h5-8,13-17,23H,4,9-12,18H2,1-3H3. The number of hydroxylamine groups is 2. The van der Waals surface area contributed by atoms with Crippen molar-refractivity contribution >= 4 is 17.9 Å². The van der Waals surface area contributed by atoms with Crippen LogP contribution >= 0.6 is 0 Å². The molecule has 3 aromatic rings. The average molecular weight is 640 g/mol. The van der Waals surface area contributed by atoms with Crippen molar-refractivity contribution in [3.05, 3.63) is 87.8 Å². The van der Waals surface area contributed by atoms with Crippen molar-refractivity contribution in [2.45, 2.75) is 51.7 Å². The highest BCUT2D eigenvalue weighted by Crippen LogP contribution is 2.38. The van der Waals surface area contributed by atoms with E-state index in [1.807, 2.05) is 0 Å². The lowest BCUT2D eigenvalue weighted by Gasteiger charge is -2.45. The van der Waals surface area contributed by atoms with Gasteiger partial charge in [-0.25, -0.2) is 9.78 Å². The van der Waals surface area contributed by atoms with Crippen molar-refractivity contribution < 1.29 is 45.4 Å². The molecule has 1 amide bonds. The van der Waals surface area contributed by atoms with Crippen LogP contribution in [0.15, 0.2) is 54.7 Å². The summed E-state index contributed by atoms with van der Waals surface area (Å²) in [6.45, 7) is 3.05. The van der Waals surface area contributed by atoms with Gasteiger partial charge in [0.15, 0.2) is 0 Å². The fraction of sp³-hybridized carbons (Fsp3) is 0.387. The number of ether oxygens (including phenoxy) is 2. The highest BCUT2D eigenvalue weighted by Gasteiger charge is 2.37. The topological polar surface area (TPSA) is 91.8 Å². The molecule has 1 aromatic heterocycles. The number of hydrogen-bond donors (Lipinski definition) is 0. The normalized spacial score (nSPS) is 18.8. The molecular formula is C31H31F6N3O5. The summed E-state index contributed by atoms with van der Waals surface area (Å²) in [5, 5.41) is 13.9. The molecule has 1 aliphatic heterocycles. The Morgan fingerprint density at radius 2 is 1.58 bits per heavy atom. The van der Waals surface area contributed by atoms with Gasteiger partial charge in [-0.1, -0.05) is 24.3 Å². The summed E-state index contributed by atoms with van der Waals surface area (Å²) in [5.41, 5.74) is -1.67. The summed E-state index contributed by atoms with van der Waals surface area (Å²) in [6.07, 6.45) is -9.72. The summed E-state index contributed by atoms with van der Waals surface area (Å²) in [7, 11) is 1.25. The van der Waals surface area contributed by atoms with Gasteiger partial charge in [-0.15, -0.1) is 0 Å². The Hall–Kier alpha value is -4.17. The molecule has 4 rings (SSSR count). The van der Waals surface area contributed by atoms with Gasteiger partial charge in [0, 0.05) is 44.3 Å². The number of rotatable bonds is 7. The minimum atomic E-state index is -5.03. The van der Waals surface area contributed by atoms with Crippen molar-refractivity contribution in [2.75, 3.05) is 26.7 Å². The molecule has 45 heavy (non-hydrogen) atoms. The maximum atomic E-state index is 13.9. The van der Waals surface area contributed by atoms with E-state index in [-0.39, 0.29) is 55.5 Å². The van der Waals surface area contributed by atoms with E-state index < -0.39 is 52.8 Å². The lowest BCUT2D eigenvalue weighted by Crippen LogP contribution is -2.51. The Morgan fingerprint density at radius 3 is 2.13 bits per heavy atom. The number of benzene rings is 2. The molecule has 1 aliphatic rings. The van der Waals surface area contributed by atoms with Gasteiger partial charge >= 0.3 is 18.5 Å². The Morgan fingerprint density at radius 1 is 0.978 bits per heavy atom. The molecule has 242 valence electrons. The fourth-order valence-corrected chi connectivity index (χ4v) is 5.19. The summed E-state index contributed by atoms with van der Waals surface area (Å²) >= 11 is 0. The van der Waals surface area contributed by atoms with Gasteiger partial charge in [0.2, 0.25) is 5.82 Å². The van der Waals surface area contributed by atoms with E-state index in [0.717, 1.165) is 10.5 Å². The van der Waals surface area contributed by atoms with Gasteiger partial charge in [0.25, 0.3) is 5.91 Å². The number of aromatic nitrogens is 1. The van der Waals surface area contributed by atoms with E-state index in [2.05, 4.69) is 4.98 Å². The number of amides is 1. The number of carbonyl (C=O) groups is 2. The number of nitrogens with zero attached hydrogens (tertiary/aromatic N) is 3. The molecule has 0 saturated carbocycles. The number of quaternary nitrogens is 1. The number of aryl methyl sites for hydroxylation is 1. The van der Waals surface area contributed by atoms with Crippen molar-refractivity contribution in [1.29, 1.82) is 0 Å². The van der Waals surface area contributed by atoms with Crippen LogP contribution in [0.3, 0.4) is 0 Å². The quantitative estimate of drug-likeness (QED) is 0.115. The van der Waals surface area contributed by atoms with Crippen LogP contribution in [0.5, 0.6) is 0 Å². The van der Waals surface area contributed by atoms with E-state index in [1.54, 1.807) is 38.1 Å². The molecule has 14 heteroatoms. The summed E-state index contributed by atoms with van der Waals surface area (Å²) in [6, 6.07) is 9.66. The van der Waals surface area contributed by atoms with Gasteiger partial charge in [0.1, 0.15) is 6.10 Å². The second-order valence-corrected chi connectivity index (χ2v) is 10.8. The van der Waals surface area contributed by atoms with Crippen LogP contribution in [-0.4, -0.2) is 54.8 Å². The van der Waals surface area contributed by atoms with Gasteiger partial charge in [-0.2, -0.15) is 26.3 Å². The molecule has 0 bridgehead atoms. The maximum Gasteiger partial charge on any atom is 0.508 e. The minimum Gasteiger partial charge on any atom is -0.626 e. The molecule has 0 N–H and O–H groups in total. The molecule has 0 atom stereocenters. The molecule has 0 radical (unpaired) electrons. The van der Waals surface area contributed by atoms with Crippen LogP contribution in [0.25, 0.3) is 11.1 Å².